The van der Waals surface area contributed by atoms with Crippen LogP contribution in [-0.2, 0) is 6.54 Å². The second kappa shape index (κ2) is 12.2. The lowest BCUT2D eigenvalue weighted by atomic mass is 10.1. The molecule has 1 saturated heterocycles. The first-order valence-electron chi connectivity index (χ1n) is 12.0. The fourth-order valence-corrected chi connectivity index (χ4v) is 5.48. The van der Waals surface area contributed by atoms with Gasteiger partial charge in [0.25, 0.3) is 11.1 Å². The Morgan fingerprint density at radius 1 is 1.08 bits per heavy atom. The maximum atomic E-state index is 13.5. The van der Waals surface area contributed by atoms with Crippen molar-refractivity contribution in [2.45, 2.75) is 32.4 Å². The summed E-state index contributed by atoms with van der Waals surface area (Å²) in [6.45, 7) is 3.45. The van der Waals surface area contributed by atoms with E-state index in [4.69, 9.17) is 4.52 Å². The Kier molecular flexibility index (Phi) is 8.74. The minimum absolute atomic E-state index is 0. The van der Waals surface area contributed by atoms with Crippen molar-refractivity contribution in [2.75, 3.05) is 13.1 Å². The van der Waals surface area contributed by atoms with E-state index in [1.165, 1.54) is 28.2 Å². The zero-order valence-corrected chi connectivity index (χ0v) is 22.5. The number of benzene rings is 1. The van der Waals surface area contributed by atoms with Gasteiger partial charge in [-0.15, -0.1) is 23.7 Å². The van der Waals surface area contributed by atoms with Gasteiger partial charge in [-0.05, 0) is 37.6 Å². The van der Waals surface area contributed by atoms with Crippen LogP contribution in [0.4, 0.5) is 0 Å². The van der Waals surface area contributed by atoms with Gasteiger partial charge in [-0.3, -0.25) is 23.7 Å². The van der Waals surface area contributed by atoms with Crippen LogP contribution in [0.5, 0.6) is 0 Å². The van der Waals surface area contributed by atoms with Crippen molar-refractivity contribution >= 4 is 34.0 Å². The van der Waals surface area contributed by atoms with Crippen LogP contribution in [-0.4, -0.2) is 42.3 Å². The monoisotopic (exact) mass is 571 g/mol. The third-order valence-electron chi connectivity index (χ3n) is 6.14. The smallest absolute Gasteiger partial charge is 0.332 e. The van der Waals surface area contributed by atoms with Crippen LogP contribution in [0.2, 0.25) is 0 Å². The number of halogens is 1. The first-order valence-corrected chi connectivity index (χ1v) is 12.8. The second-order valence-corrected chi connectivity index (χ2v) is 9.79. The van der Waals surface area contributed by atoms with Gasteiger partial charge in [0.2, 0.25) is 5.89 Å². The molecule has 1 fully saturated rings. The zero-order chi connectivity index (χ0) is 26.6. The summed E-state index contributed by atoms with van der Waals surface area (Å²) >= 11 is 1.42. The molecule has 5 aromatic rings. The maximum absolute atomic E-state index is 13.5. The Morgan fingerprint density at radius 3 is 2.44 bits per heavy atom. The summed E-state index contributed by atoms with van der Waals surface area (Å²) in [5.74, 6) is 0.857. The third kappa shape index (κ3) is 6.16. The topological polar surface area (TPSA) is 161 Å². The number of piperidine rings is 1. The molecule has 0 saturated carbocycles. The molecule has 3 N–H and O–H groups in total. The number of hydrogen-bond acceptors (Lipinski definition) is 9. The summed E-state index contributed by atoms with van der Waals surface area (Å²) < 4.78 is 8.69. The highest BCUT2D eigenvalue weighted by Gasteiger charge is 2.24. The lowest BCUT2D eigenvalue weighted by Gasteiger charge is -2.24. The van der Waals surface area contributed by atoms with Gasteiger partial charge in [0.05, 0.1) is 12.1 Å². The Labute approximate surface area is 230 Å². The average molecular weight is 572 g/mol. The normalized spacial score (nSPS) is 13.5. The lowest BCUT2D eigenvalue weighted by Crippen LogP contribution is -2.45. The van der Waals surface area contributed by atoms with Gasteiger partial charge in [-0.25, -0.2) is 9.59 Å². The zero-order valence-electron chi connectivity index (χ0n) is 20.9. The Bertz CT molecular complexity index is 1770. The van der Waals surface area contributed by atoms with Gasteiger partial charge in [-0.1, -0.05) is 35.5 Å². The molecule has 1 aliphatic heterocycles. The van der Waals surface area contributed by atoms with Gasteiger partial charge < -0.3 is 14.8 Å². The summed E-state index contributed by atoms with van der Waals surface area (Å²) in [6, 6.07) is 12.9. The standard InChI is InChI=1S/C21H21N5O3S.C4H4N2O2.ClH/c1-13-23-18(24-29-13)12-25-16-11-17(14-5-3-2-4-6-14)30-19(16)20(27)26(21(25)28)15-7-9-22-10-8-15;7-3-1-2-5-4(8)6-3;/h2-6,11,15,22H,7-10,12H2,1H3;1-2H,(H2,5,6,7,8);1H. The van der Waals surface area contributed by atoms with E-state index in [9.17, 15) is 19.2 Å². The van der Waals surface area contributed by atoms with Gasteiger partial charge in [0.1, 0.15) is 4.70 Å². The summed E-state index contributed by atoms with van der Waals surface area (Å²) in [5, 5.41) is 7.24. The highest BCUT2D eigenvalue weighted by atomic mass is 35.5. The van der Waals surface area contributed by atoms with E-state index in [-0.39, 0.29) is 41.8 Å². The van der Waals surface area contributed by atoms with E-state index in [0.717, 1.165) is 36.4 Å². The van der Waals surface area contributed by atoms with Crippen LogP contribution < -0.4 is 27.8 Å². The minimum Gasteiger partial charge on any atom is -0.340 e. The number of hydrogen-bond donors (Lipinski definition) is 3. The number of aryl methyl sites for hydroxylation is 1. The van der Waals surface area contributed by atoms with E-state index >= 15 is 0 Å². The van der Waals surface area contributed by atoms with E-state index < -0.39 is 5.69 Å². The van der Waals surface area contributed by atoms with Crippen molar-refractivity contribution in [3.63, 3.8) is 0 Å². The van der Waals surface area contributed by atoms with Gasteiger partial charge >= 0.3 is 11.4 Å². The molecular weight excluding hydrogens is 546 g/mol. The van der Waals surface area contributed by atoms with Crippen molar-refractivity contribution in [3.05, 3.63) is 102 Å². The van der Waals surface area contributed by atoms with Gasteiger partial charge in [0, 0.05) is 30.1 Å². The molecule has 0 bridgehead atoms. The fraction of sp³-hybridized carbons (Fsp3) is 0.280. The van der Waals surface area contributed by atoms with E-state index in [2.05, 4.69) is 20.4 Å². The first kappa shape index (κ1) is 28.0. The number of thiophene rings is 1. The number of H-pyrrole nitrogens is 2. The number of aromatic nitrogens is 6. The summed E-state index contributed by atoms with van der Waals surface area (Å²) in [4.78, 5) is 56.7. The molecular formula is C25H26ClN7O5S. The number of aromatic amines is 2. The summed E-state index contributed by atoms with van der Waals surface area (Å²) in [6.07, 6.45) is 2.79. The molecule has 0 aliphatic carbocycles. The van der Waals surface area contributed by atoms with Crippen LogP contribution >= 0.6 is 23.7 Å². The summed E-state index contributed by atoms with van der Waals surface area (Å²) in [7, 11) is 0. The molecule has 204 valence electrons. The number of nitrogens with one attached hydrogen (secondary N) is 3. The van der Waals surface area contributed by atoms with Crippen LogP contribution in [0, 0.1) is 6.92 Å². The molecule has 1 aliphatic rings. The van der Waals surface area contributed by atoms with Crippen molar-refractivity contribution in [1.82, 2.24) is 34.6 Å². The molecule has 1 aromatic carbocycles. The Balaban J connectivity index is 0.000000339. The van der Waals surface area contributed by atoms with Crippen molar-refractivity contribution in [3.8, 4) is 10.4 Å². The number of fused-ring (bicyclic) bond motifs is 1. The highest BCUT2D eigenvalue weighted by molar-refractivity contribution is 7.22. The van der Waals surface area contributed by atoms with Crippen LogP contribution in [0.15, 0.2) is 72.4 Å². The van der Waals surface area contributed by atoms with E-state index in [1.807, 2.05) is 41.4 Å². The lowest BCUT2D eigenvalue weighted by molar-refractivity contribution is 0.345. The SMILES string of the molecule is Cc1nc(Cn2c(=O)n(C3CCNCC3)c(=O)c3sc(-c4ccccc4)cc32)no1.Cl.O=c1cc[nH]c(=O)[nH]1. The minimum atomic E-state index is -0.475. The van der Waals surface area contributed by atoms with E-state index in [0.29, 0.717) is 21.9 Å². The van der Waals surface area contributed by atoms with Crippen molar-refractivity contribution in [1.29, 1.82) is 0 Å². The number of nitrogens with zero attached hydrogens (tertiary/aromatic N) is 4. The highest BCUT2D eigenvalue weighted by Crippen LogP contribution is 2.31. The predicted molar refractivity (Wildman–Crippen MR) is 150 cm³/mol. The molecule has 14 heteroatoms. The molecule has 4 aromatic heterocycles. The average Bonchev–Trinajstić information content (AvgIpc) is 3.55. The molecule has 0 spiro atoms. The van der Waals surface area contributed by atoms with Gasteiger partial charge in [0.15, 0.2) is 5.82 Å². The molecule has 0 atom stereocenters. The number of rotatable bonds is 4. The second-order valence-electron chi connectivity index (χ2n) is 8.74. The first-order chi connectivity index (χ1) is 18.4. The largest absolute Gasteiger partial charge is 0.340 e. The molecule has 0 unspecified atom stereocenters. The van der Waals surface area contributed by atoms with E-state index in [1.54, 1.807) is 11.5 Å². The van der Waals surface area contributed by atoms with Crippen molar-refractivity contribution < 1.29 is 4.52 Å². The quantitative estimate of drug-likeness (QED) is 0.295. The molecule has 0 amide bonds. The molecule has 12 nitrogen and oxygen atoms in total. The van der Waals surface area contributed by atoms with Crippen molar-refractivity contribution in [2.24, 2.45) is 0 Å². The molecule has 39 heavy (non-hydrogen) atoms. The van der Waals surface area contributed by atoms with Crippen LogP contribution in [0.25, 0.3) is 20.7 Å². The van der Waals surface area contributed by atoms with Gasteiger partial charge in [-0.2, -0.15) is 4.98 Å². The molecule has 6 rings (SSSR count). The van der Waals surface area contributed by atoms with Crippen LogP contribution in [0.1, 0.15) is 30.6 Å². The fourth-order valence-electron chi connectivity index (χ4n) is 4.38. The molecule has 5 heterocycles. The predicted octanol–water partition coefficient (Wildman–Crippen LogP) is 2.04. The van der Waals surface area contributed by atoms with Crippen LogP contribution in [0.3, 0.4) is 0 Å². The Morgan fingerprint density at radius 2 is 1.82 bits per heavy atom. The molecule has 0 radical (unpaired) electrons. The summed E-state index contributed by atoms with van der Waals surface area (Å²) in [5.41, 5.74) is 0.238. The third-order valence-corrected chi connectivity index (χ3v) is 7.30. The maximum Gasteiger partial charge on any atom is 0.332 e. The Hall–Kier alpha value is -4.07.